The molecule has 1 aliphatic heterocycles. The minimum Gasteiger partial charge on any atom is -0.309 e. The predicted molar refractivity (Wildman–Crippen MR) is 70.8 cm³/mol. The van der Waals surface area contributed by atoms with Gasteiger partial charge in [0.15, 0.2) is 0 Å². The lowest BCUT2D eigenvalue weighted by Gasteiger charge is -2.23. The molecule has 0 radical (unpaired) electrons. The Morgan fingerprint density at radius 2 is 2.53 bits per heavy atom. The SMILES string of the molecule is CCCNC(c1ccsc1)C1CCCS1. The lowest BCUT2D eigenvalue weighted by Crippen LogP contribution is -2.29. The average Bonchev–Trinajstić information content (AvgIpc) is 2.90. The number of thioether (sulfide) groups is 1. The monoisotopic (exact) mass is 241 g/mol. The molecule has 84 valence electrons. The van der Waals surface area contributed by atoms with Crippen LogP contribution >= 0.6 is 23.1 Å². The van der Waals surface area contributed by atoms with Gasteiger partial charge in [-0.05, 0) is 54.0 Å². The van der Waals surface area contributed by atoms with E-state index in [-0.39, 0.29) is 0 Å². The largest absolute Gasteiger partial charge is 0.309 e. The highest BCUT2D eigenvalue weighted by Gasteiger charge is 2.26. The van der Waals surface area contributed by atoms with Crippen molar-refractivity contribution in [3.8, 4) is 0 Å². The maximum Gasteiger partial charge on any atom is 0.0448 e. The molecule has 1 aromatic rings. The van der Waals surface area contributed by atoms with Crippen molar-refractivity contribution in [2.45, 2.75) is 37.5 Å². The first-order valence-electron chi connectivity index (χ1n) is 5.79. The van der Waals surface area contributed by atoms with E-state index in [1.54, 1.807) is 0 Å². The van der Waals surface area contributed by atoms with E-state index in [9.17, 15) is 0 Å². The van der Waals surface area contributed by atoms with Crippen LogP contribution in [0.2, 0.25) is 0 Å². The van der Waals surface area contributed by atoms with E-state index in [2.05, 4.69) is 40.8 Å². The smallest absolute Gasteiger partial charge is 0.0448 e. The van der Waals surface area contributed by atoms with Crippen LogP contribution in [0.5, 0.6) is 0 Å². The Balaban J connectivity index is 2.01. The summed E-state index contributed by atoms with van der Waals surface area (Å²) in [5.74, 6) is 1.35. The molecule has 2 rings (SSSR count). The molecule has 15 heavy (non-hydrogen) atoms. The highest BCUT2D eigenvalue weighted by atomic mass is 32.2. The van der Waals surface area contributed by atoms with Gasteiger partial charge in [-0.15, -0.1) is 0 Å². The zero-order valence-corrected chi connectivity index (χ0v) is 10.9. The topological polar surface area (TPSA) is 12.0 Å². The van der Waals surface area contributed by atoms with Crippen molar-refractivity contribution in [2.24, 2.45) is 0 Å². The average molecular weight is 241 g/mol. The highest BCUT2D eigenvalue weighted by Crippen LogP contribution is 2.36. The van der Waals surface area contributed by atoms with E-state index >= 15 is 0 Å². The van der Waals surface area contributed by atoms with Gasteiger partial charge in [-0.25, -0.2) is 0 Å². The van der Waals surface area contributed by atoms with Crippen LogP contribution in [0.4, 0.5) is 0 Å². The minimum atomic E-state index is 0.587. The van der Waals surface area contributed by atoms with Crippen LogP contribution in [-0.2, 0) is 0 Å². The van der Waals surface area contributed by atoms with Gasteiger partial charge in [-0.3, -0.25) is 0 Å². The molecule has 2 atom stereocenters. The Labute approximate surface area is 101 Å². The fraction of sp³-hybridized carbons (Fsp3) is 0.667. The van der Waals surface area contributed by atoms with E-state index in [0.717, 1.165) is 11.8 Å². The fourth-order valence-corrected chi connectivity index (χ4v) is 4.19. The zero-order chi connectivity index (χ0) is 10.5. The molecule has 1 aromatic heterocycles. The standard InChI is InChI=1S/C12H19NS2/c1-2-6-13-12(10-5-8-14-9-10)11-4-3-7-15-11/h5,8-9,11-13H,2-4,6-7H2,1H3. The highest BCUT2D eigenvalue weighted by molar-refractivity contribution is 8.00. The van der Waals surface area contributed by atoms with Crippen molar-refractivity contribution in [3.05, 3.63) is 22.4 Å². The molecule has 1 saturated heterocycles. The third-order valence-corrected chi connectivity index (χ3v) is 5.02. The molecule has 0 aromatic carbocycles. The van der Waals surface area contributed by atoms with E-state index in [0.29, 0.717) is 6.04 Å². The van der Waals surface area contributed by atoms with Crippen molar-refractivity contribution in [2.75, 3.05) is 12.3 Å². The first-order chi connectivity index (χ1) is 7.42. The van der Waals surface area contributed by atoms with E-state index in [1.165, 1.54) is 30.6 Å². The Morgan fingerprint density at radius 1 is 1.60 bits per heavy atom. The maximum atomic E-state index is 3.70. The summed E-state index contributed by atoms with van der Waals surface area (Å²) in [5, 5.41) is 8.98. The van der Waals surface area contributed by atoms with E-state index < -0.39 is 0 Å². The zero-order valence-electron chi connectivity index (χ0n) is 9.24. The summed E-state index contributed by atoms with van der Waals surface area (Å²) in [6, 6.07) is 2.86. The molecule has 0 bridgehead atoms. The molecular formula is C12H19NS2. The van der Waals surface area contributed by atoms with Crippen LogP contribution in [0.25, 0.3) is 0 Å². The molecule has 0 saturated carbocycles. The molecule has 3 heteroatoms. The summed E-state index contributed by atoms with van der Waals surface area (Å²) in [5.41, 5.74) is 1.49. The molecule has 2 heterocycles. The maximum absolute atomic E-state index is 3.70. The molecule has 1 fully saturated rings. The van der Waals surface area contributed by atoms with Gasteiger partial charge in [-0.2, -0.15) is 23.1 Å². The molecule has 1 aliphatic rings. The molecule has 1 N–H and O–H groups in total. The van der Waals surface area contributed by atoms with Crippen molar-refractivity contribution >= 4 is 23.1 Å². The van der Waals surface area contributed by atoms with Gasteiger partial charge >= 0.3 is 0 Å². The summed E-state index contributed by atoms with van der Waals surface area (Å²) >= 11 is 3.95. The van der Waals surface area contributed by atoms with Crippen molar-refractivity contribution < 1.29 is 0 Å². The first-order valence-corrected chi connectivity index (χ1v) is 7.78. The fourth-order valence-electron chi connectivity index (χ4n) is 2.08. The Hall–Kier alpha value is 0.01000. The summed E-state index contributed by atoms with van der Waals surface area (Å²) in [7, 11) is 0. The van der Waals surface area contributed by atoms with Crippen LogP contribution in [0.1, 0.15) is 37.8 Å². The van der Waals surface area contributed by atoms with Crippen LogP contribution in [0.3, 0.4) is 0 Å². The summed E-state index contributed by atoms with van der Waals surface area (Å²) in [6.07, 6.45) is 3.99. The Morgan fingerprint density at radius 3 is 3.13 bits per heavy atom. The van der Waals surface area contributed by atoms with Crippen LogP contribution < -0.4 is 5.32 Å². The molecule has 2 unspecified atom stereocenters. The van der Waals surface area contributed by atoms with Crippen molar-refractivity contribution in [1.82, 2.24) is 5.32 Å². The quantitative estimate of drug-likeness (QED) is 0.844. The molecular weight excluding hydrogens is 222 g/mol. The van der Waals surface area contributed by atoms with E-state index in [4.69, 9.17) is 0 Å². The normalized spacial score (nSPS) is 23.1. The number of thiophene rings is 1. The van der Waals surface area contributed by atoms with Crippen LogP contribution in [-0.4, -0.2) is 17.5 Å². The van der Waals surface area contributed by atoms with Gasteiger partial charge in [0.2, 0.25) is 0 Å². The third kappa shape index (κ3) is 2.99. The van der Waals surface area contributed by atoms with Crippen LogP contribution in [0, 0.1) is 0 Å². The third-order valence-electron chi connectivity index (χ3n) is 2.85. The molecule has 0 spiro atoms. The number of nitrogens with one attached hydrogen (secondary N) is 1. The number of rotatable bonds is 5. The first kappa shape index (κ1) is 11.5. The lowest BCUT2D eigenvalue weighted by atomic mass is 10.0. The Bertz CT molecular complexity index is 265. The number of hydrogen-bond donors (Lipinski definition) is 1. The van der Waals surface area contributed by atoms with Gasteiger partial charge in [0.05, 0.1) is 0 Å². The predicted octanol–water partition coefficient (Wildman–Crippen LogP) is 3.68. The summed E-state index contributed by atoms with van der Waals surface area (Å²) in [4.78, 5) is 0. The van der Waals surface area contributed by atoms with Gasteiger partial charge in [-0.1, -0.05) is 6.92 Å². The summed E-state index contributed by atoms with van der Waals surface area (Å²) in [6.45, 7) is 3.37. The van der Waals surface area contributed by atoms with Crippen molar-refractivity contribution in [3.63, 3.8) is 0 Å². The lowest BCUT2D eigenvalue weighted by molar-refractivity contribution is 0.504. The molecule has 0 amide bonds. The van der Waals surface area contributed by atoms with Gasteiger partial charge < -0.3 is 5.32 Å². The second-order valence-electron chi connectivity index (χ2n) is 4.04. The second kappa shape index (κ2) is 5.92. The van der Waals surface area contributed by atoms with Crippen LogP contribution in [0.15, 0.2) is 16.8 Å². The Kier molecular flexibility index (Phi) is 4.54. The van der Waals surface area contributed by atoms with E-state index in [1.807, 2.05) is 11.3 Å². The summed E-state index contributed by atoms with van der Waals surface area (Å²) < 4.78 is 0. The molecule has 0 aliphatic carbocycles. The molecule has 1 nitrogen and oxygen atoms in total. The van der Waals surface area contributed by atoms with Gasteiger partial charge in [0.25, 0.3) is 0 Å². The second-order valence-corrected chi connectivity index (χ2v) is 6.17. The number of hydrogen-bond acceptors (Lipinski definition) is 3. The minimum absolute atomic E-state index is 0.587. The van der Waals surface area contributed by atoms with Gasteiger partial charge in [0.1, 0.15) is 0 Å². The van der Waals surface area contributed by atoms with Gasteiger partial charge in [0, 0.05) is 11.3 Å². The van der Waals surface area contributed by atoms with Crippen molar-refractivity contribution in [1.29, 1.82) is 0 Å².